The van der Waals surface area contributed by atoms with Gasteiger partial charge >= 0.3 is 5.97 Å². The predicted octanol–water partition coefficient (Wildman–Crippen LogP) is 3.47. The molecule has 1 atom stereocenters. The number of rotatable bonds is 5. The number of amides is 1. The SMILES string of the molecule is Cc1occc1C(=O)OCC(=O)N[C@@H](C)C12CC3CC(CC(C3)C1)C2. The average Bonchev–Trinajstić information content (AvgIpc) is 2.97. The van der Waals surface area contributed by atoms with Gasteiger partial charge in [0.15, 0.2) is 6.61 Å². The summed E-state index contributed by atoms with van der Waals surface area (Å²) in [7, 11) is 0. The Hall–Kier alpha value is -1.78. The minimum Gasteiger partial charge on any atom is -0.469 e. The molecule has 136 valence electrons. The second kappa shape index (κ2) is 6.19. The Morgan fingerprint density at radius 3 is 2.36 bits per heavy atom. The molecule has 5 heteroatoms. The summed E-state index contributed by atoms with van der Waals surface area (Å²) in [6, 6.07) is 1.70. The highest BCUT2D eigenvalue weighted by molar-refractivity contribution is 5.92. The Bertz CT molecular complexity index is 642. The lowest BCUT2D eigenvalue weighted by Crippen LogP contribution is -2.56. The fourth-order valence-electron chi connectivity index (χ4n) is 5.95. The predicted molar refractivity (Wildman–Crippen MR) is 91.9 cm³/mol. The van der Waals surface area contributed by atoms with Crippen LogP contribution in [0.1, 0.15) is 61.6 Å². The number of nitrogens with one attached hydrogen (secondary N) is 1. The van der Waals surface area contributed by atoms with Gasteiger partial charge in [-0.05, 0) is 81.6 Å². The van der Waals surface area contributed by atoms with E-state index in [0.717, 1.165) is 17.8 Å². The number of carbonyl (C=O) groups excluding carboxylic acids is 2. The molecule has 0 aromatic carbocycles. The lowest BCUT2D eigenvalue weighted by atomic mass is 9.48. The van der Waals surface area contributed by atoms with Crippen LogP contribution in [0.2, 0.25) is 0 Å². The van der Waals surface area contributed by atoms with Gasteiger partial charge in [0.1, 0.15) is 11.3 Å². The largest absolute Gasteiger partial charge is 0.469 e. The fraction of sp³-hybridized carbons (Fsp3) is 0.700. The molecule has 4 bridgehead atoms. The van der Waals surface area contributed by atoms with Gasteiger partial charge in [-0.15, -0.1) is 0 Å². The maximum Gasteiger partial charge on any atom is 0.342 e. The lowest BCUT2D eigenvalue weighted by Gasteiger charge is -2.59. The standard InChI is InChI=1S/C20H27NO4/c1-12-17(3-4-24-12)19(23)25-11-18(22)21-13(2)20-8-14-5-15(9-20)7-16(6-14)10-20/h3-4,13-16H,5-11H2,1-2H3,(H,21,22)/t13-,14?,15?,16?,20?/m0/s1. The molecule has 0 saturated heterocycles. The molecule has 4 fully saturated rings. The van der Waals surface area contributed by atoms with Crippen LogP contribution in [0.15, 0.2) is 16.7 Å². The first-order chi connectivity index (χ1) is 11.9. The van der Waals surface area contributed by atoms with Crippen molar-refractivity contribution < 1.29 is 18.7 Å². The fourth-order valence-corrected chi connectivity index (χ4v) is 5.95. The first kappa shape index (κ1) is 16.7. The van der Waals surface area contributed by atoms with E-state index in [4.69, 9.17) is 9.15 Å². The summed E-state index contributed by atoms with van der Waals surface area (Å²) in [5.74, 6) is 2.35. The quantitative estimate of drug-likeness (QED) is 0.830. The Labute approximate surface area is 148 Å². The van der Waals surface area contributed by atoms with E-state index in [1.807, 2.05) is 0 Å². The highest BCUT2D eigenvalue weighted by atomic mass is 16.5. The molecule has 1 N–H and O–H groups in total. The summed E-state index contributed by atoms with van der Waals surface area (Å²) in [5.41, 5.74) is 0.636. The minimum absolute atomic E-state index is 0.141. The summed E-state index contributed by atoms with van der Waals surface area (Å²) >= 11 is 0. The van der Waals surface area contributed by atoms with E-state index in [2.05, 4.69) is 12.2 Å². The van der Waals surface area contributed by atoms with Gasteiger partial charge in [-0.1, -0.05) is 0 Å². The molecule has 4 saturated carbocycles. The van der Waals surface area contributed by atoms with Crippen molar-refractivity contribution >= 4 is 11.9 Å². The second-order valence-electron chi connectivity index (χ2n) is 8.54. The molecule has 25 heavy (non-hydrogen) atoms. The molecule has 5 rings (SSSR count). The van der Waals surface area contributed by atoms with Gasteiger partial charge < -0.3 is 14.5 Å². The first-order valence-electron chi connectivity index (χ1n) is 9.46. The molecular weight excluding hydrogens is 318 g/mol. The number of carbonyl (C=O) groups is 2. The van der Waals surface area contributed by atoms with Gasteiger partial charge in [0.25, 0.3) is 5.91 Å². The average molecular weight is 345 g/mol. The first-order valence-corrected chi connectivity index (χ1v) is 9.46. The number of ether oxygens (including phenoxy) is 1. The van der Waals surface area contributed by atoms with Crippen LogP contribution < -0.4 is 5.32 Å². The van der Waals surface area contributed by atoms with Gasteiger partial charge in [-0.2, -0.15) is 0 Å². The van der Waals surface area contributed by atoms with Crippen LogP contribution in [0, 0.1) is 30.1 Å². The molecule has 1 heterocycles. The third-order valence-corrected chi connectivity index (χ3v) is 6.79. The van der Waals surface area contributed by atoms with E-state index in [1.165, 1.54) is 44.8 Å². The van der Waals surface area contributed by atoms with Crippen LogP contribution in [-0.2, 0) is 9.53 Å². The summed E-state index contributed by atoms with van der Waals surface area (Å²) in [5, 5.41) is 3.11. The molecule has 0 unspecified atom stereocenters. The number of aryl methyl sites for hydroxylation is 1. The summed E-state index contributed by atoms with van der Waals surface area (Å²) in [6.45, 7) is 3.60. The molecule has 0 aliphatic heterocycles. The third kappa shape index (κ3) is 3.09. The zero-order valence-electron chi connectivity index (χ0n) is 15.0. The van der Waals surface area contributed by atoms with E-state index >= 15 is 0 Å². The minimum atomic E-state index is -0.510. The molecule has 0 spiro atoms. The molecular formula is C20H27NO4. The Kier molecular flexibility index (Phi) is 4.13. The van der Waals surface area contributed by atoms with Crippen LogP contribution in [0.5, 0.6) is 0 Å². The van der Waals surface area contributed by atoms with Crippen molar-refractivity contribution in [3.63, 3.8) is 0 Å². The Morgan fingerprint density at radius 1 is 1.24 bits per heavy atom. The normalized spacial score (nSPS) is 33.9. The number of hydrogen-bond acceptors (Lipinski definition) is 4. The van der Waals surface area contributed by atoms with Crippen molar-refractivity contribution in [2.45, 2.75) is 58.4 Å². The molecule has 4 aliphatic carbocycles. The second-order valence-corrected chi connectivity index (χ2v) is 8.54. The molecule has 4 aliphatic rings. The zero-order valence-corrected chi connectivity index (χ0v) is 15.0. The monoisotopic (exact) mass is 345 g/mol. The van der Waals surface area contributed by atoms with E-state index in [1.54, 1.807) is 13.0 Å². The van der Waals surface area contributed by atoms with Crippen molar-refractivity contribution in [2.24, 2.45) is 23.2 Å². The van der Waals surface area contributed by atoms with Crippen LogP contribution >= 0.6 is 0 Å². The number of hydrogen-bond donors (Lipinski definition) is 1. The van der Waals surface area contributed by atoms with E-state index in [-0.39, 0.29) is 24.0 Å². The van der Waals surface area contributed by atoms with Crippen molar-refractivity contribution in [3.05, 3.63) is 23.7 Å². The molecule has 1 aromatic heterocycles. The van der Waals surface area contributed by atoms with Crippen molar-refractivity contribution in [1.82, 2.24) is 5.32 Å². The van der Waals surface area contributed by atoms with Crippen LogP contribution in [0.4, 0.5) is 0 Å². The van der Waals surface area contributed by atoms with Crippen LogP contribution in [0.25, 0.3) is 0 Å². The van der Waals surface area contributed by atoms with Crippen molar-refractivity contribution in [2.75, 3.05) is 6.61 Å². The van der Waals surface area contributed by atoms with Crippen LogP contribution in [0.3, 0.4) is 0 Å². The van der Waals surface area contributed by atoms with Gasteiger partial charge in [-0.3, -0.25) is 4.79 Å². The number of furan rings is 1. The maximum atomic E-state index is 12.3. The maximum absolute atomic E-state index is 12.3. The van der Waals surface area contributed by atoms with Gasteiger partial charge in [0.2, 0.25) is 0 Å². The summed E-state index contributed by atoms with van der Waals surface area (Å²) in [6.07, 6.45) is 9.35. The summed E-state index contributed by atoms with van der Waals surface area (Å²) < 4.78 is 10.2. The van der Waals surface area contributed by atoms with E-state index in [9.17, 15) is 9.59 Å². The highest BCUT2D eigenvalue weighted by Crippen LogP contribution is 2.61. The topological polar surface area (TPSA) is 68.5 Å². The number of esters is 1. The lowest BCUT2D eigenvalue weighted by molar-refractivity contribution is -0.128. The van der Waals surface area contributed by atoms with Gasteiger partial charge in [-0.25, -0.2) is 4.79 Å². The van der Waals surface area contributed by atoms with E-state index in [0.29, 0.717) is 11.3 Å². The van der Waals surface area contributed by atoms with Crippen molar-refractivity contribution in [3.8, 4) is 0 Å². The highest BCUT2D eigenvalue weighted by Gasteiger charge is 2.53. The smallest absolute Gasteiger partial charge is 0.342 e. The van der Waals surface area contributed by atoms with Gasteiger partial charge in [0.05, 0.1) is 6.26 Å². The Balaban J connectivity index is 1.32. The zero-order chi connectivity index (χ0) is 17.6. The molecule has 0 radical (unpaired) electrons. The molecule has 1 amide bonds. The third-order valence-electron chi connectivity index (χ3n) is 6.79. The Morgan fingerprint density at radius 2 is 1.84 bits per heavy atom. The summed E-state index contributed by atoms with van der Waals surface area (Å²) in [4.78, 5) is 24.3. The molecule has 1 aromatic rings. The van der Waals surface area contributed by atoms with E-state index < -0.39 is 5.97 Å². The van der Waals surface area contributed by atoms with Gasteiger partial charge in [0, 0.05) is 6.04 Å². The molecule has 5 nitrogen and oxygen atoms in total. The van der Waals surface area contributed by atoms with Crippen molar-refractivity contribution in [1.29, 1.82) is 0 Å². The van der Waals surface area contributed by atoms with Crippen LogP contribution in [-0.4, -0.2) is 24.5 Å².